The Hall–Kier alpha value is -1.68. The summed E-state index contributed by atoms with van der Waals surface area (Å²) < 4.78 is 4.41. The molecule has 0 aliphatic rings. The number of benzene rings is 1. The van der Waals surface area contributed by atoms with Crippen LogP contribution in [-0.4, -0.2) is 24.9 Å². The van der Waals surface area contributed by atoms with Crippen molar-refractivity contribution in [2.24, 2.45) is 5.73 Å². The van der Waals surface area contributed by atoms with Crippen LogP contribution in [0.1, 0.15) is 12.0 Å². The quantitative estimate of drug-likeness (QED) is 0.586. The van der Waals surface area contributed by atoms with Gasteiger partial charge in [-0.2, -0.15) is 0 Å². The van der Waals surface area contributed by atoms with Crippen LogP contribution in [0.5, 0.6) is 0 Å². The number of ether oxygens (including phenoxy) is 1. The summed E-state index contributed by atoms with van der Waals surface area (Å²) in [7, 11) is 1.25. The van der Waals surface area contributed by atoms with Gasteiger partial charge < -0.3 is 10.5 Å². The van der Waals surface area contributed by atoms with Crippen LogP contribution in [0.25, 0.3) is 0 Å². The number of hydrogen-bond acceptors (Lipinski definition) is 4. The van der Waals surface area contributed by atoms with Gasteiger partial charge in [0.1, 0.15) is 6.42 Å². The van der Waals surface area contributed by atoms with Crippen molar-refractivity contribution >= 4 is 11.8 Å². The number of nitrogens with two attached hydrogens (primary N) is 1. The number of methoxy groups -OCH3 is 1. The Labute approximate surface area is 94.4 Å². The van der Waals surface area contributed by atoms with E-state index in [0.717, 1.165) is 5.56 Å². The second-order valence-electron chi connectivity index (χ2n) is 3.52. The zero-order chi connectivity index (χ0) is 12.0. The van der Waals surface area contributed by atoms with Crippen molar-refractivity contribution in [1.82, 2.24) is 0 Å². The van der Waals surface area contributed by atoms with Crippen molar-refractivity contribution in [3.63, 3.8) is 0 Å². The summed E-state index contributed by atoms with van der Waals surface area (Å²) in [5.41, 5.74) is 6.67. The molecule has 0 saturated carbocycles. The van der Waals surface area contributed by atoms with Gasteiger partial charge in [-0.1, -0.05) is 30.3 Å². The fourth-order valence-electron chi connectivity index (χ4n) is 1.33. The summed E-state index contributed by atoms with van der Waals surface area (Å²) in [5.74, 6) is -0.843. The van der Waals surface area contributed by atoms with E-state index in [-0.39, 0.29) is 12.2 Å². The van der Waals surface area contributed by atoms with E-state index in [2.05, 4.69) is 4.74 Å². The highest BCUT2D eigenvalue weighted by Crippen LogP contribution is 2.04. The molecule has 1 aromatic rings. The zero-order valence-electron chi connectivity index (χ0n) is 9.18. The number of hydrogen-bond donors (Lipinski definition) is 1. The van der Waals surface area contributed by atoms with Gasteiger partial charge in [0, 0.05) is 0 Å². The number of Topliss-reactive ketones (excluding diaryl/α,β-unsaturated/α-hetero) is 1. The Morgan fingerprint density at radius 3 is 2.50 bits per heavy atom. The molecule has 0 fully saturated rings. The predicted octanol–water partition coefficient (Wildman–Crippen LogP) is 0.689. The zero-order valence-corrected chi connectivity index (χ0v) is 9.18. The lowest BCUT2D eigenvalue weighted by atomic mass is 10.0. The maximum Gasteiger partial charge on any atom is 0.313 e. The molecule has 2 N–H and O–H groups in total. The minimum atomic E-state index is -0.651. The third kappa shape index (κ3) is 3.82. The maximum absolute atomic E-state index is 11.5. The standard InChI is InChI=1S/C12H15NO3/c1-16-12(15)8-11(14)10(13)7-9-5-3-2-4-6-9/h2-6,10H,7-8,13H2,1H3/t10-/m1/s1. The van der Waals surface area contributed by atoms with Gasteiger partial charge in [0.05, 0.1) is 13.2 Å². The van der Waals surface area contributed by atoms with E-state index in [0.29, 0.717) is 6.42 Å². The third-order valence-corrected chi connectivity index (χ3v) is 2.26. The lowest BCUT2D eigenvalue weighted by Crippen LogP contribution is -2.34. The molecular weight excluding hydrogens is 206 g/mol. The summed E-state index contributed by atoms with van der Waals surface area (Å²) in [6.07, 6.45) is 0.182. The number of rotatable bonds is 5. The molecule has 0 amide bonds. The molecule has 0 saturated heterocycles. The third-order valence-electron chi connectivity index (χ3n) is 2.26. The fourth-order valence-corrected chi connectivity index (χ4v) is 1.33. The normalized spacial score (nSPS) is 11.9. The SMILES string of the molecule is COC(=O)CC(=O)[C@H](N)Cc1ccccc1. The highest BCUT2D eigenvalue weighted by molar-refractivity contribution is 5.98. The van der Waals surface area contributed by atoms with Crippen molar-refractivity contribution in [2.45, 2.75) is 18.9 Å². The van der Waals surface area contributed by atoms with Crippen LogP contribution in [0.15, 0.2) is 30.3 Å². The maximum atomic E-state index is 11.5. The molecule has 0 aromatic heterocycles. The van der Waals surface area contributed by atoms with E-state index in [4.69, 9.17) is 5.73 Å². The molecule has 86 valence electrons. The number of esters is 1. The molecule has 1 rings (SSSR count). The minimum Gasteiger partial charge on any atom is -0.469 e. The van der Waals surface area contributed by atoms with Crippen LogP contribution in [0, 0.1) is 0 Å². The molecule has 4 heteroatoms. The van der Waals surface area contributed by atoms with Gasteiger partial charge in [0.2, 0.25) is 0 Å². The molecule has 0 radical (unpaired) electrons. The Balaban J connectivity index is 2.49. The number of carbonyl (C=O) groups excluding carboxylic acids is 2. The number of ketones is 1. The molecule has 0 unspecified atom stereocenters. The second kappa shape index (κ2) is 6.02. The summed E-state index contributed by atoms with van der Waals surface area (Å²) in [5, 5.41) is 0. The van der Waals surface area contributed by atoms with Gasteiger partial charge in [-0.3, -0.25) is 9.59 Å². The van der Waals surface area contributed by atoms with Gasteiger partial charge >= 0.3 is 5.97 Å². The molecule has 0 spiro atoms. The summed E-state index contributed by atoms with van der Waals surface area (Å²) in [6.45, 7) is 0. The number of carbonyl (C=O) groups is 2. The molecule has 0 aliphatic carbocycles. The molecule has 4 nitrogen and oxygen atoms in total. The van der Waals surface area contributed by atoms with Gasteiger partial charge in [0.25, 0.3) is 0 Å². The molecule has 16 heavy (non-hydrogen) atoms. The van der Waals surface area contributed by atoms with Crippen LogP contribution in [0.2, 0.25) is 0 Å². The highest BCUT2D eigenvalue weighted by atomic mass is 16.5. The van der Waals surface area contributed by atoms with Crippen molar-refractivity contribution in [3.05, 3.63) is 35.9 Å². The van der Waals surface area contributed by atoms with Gasteiger partial charge in [0.15, 0.2) is 5.78 Å². The van der Waals surface area contributed by atoms with E-state index in [9.17, 15) is 9.59 Å². The first-order valence-electron chi connectivity index (χ1n) is 5.02. The van der Waals surface area contributed by atoms with Gasteiger partial charge in [-0.05, 0) is 12.0 Å². The van der Waals surface area contributed by atoms with Crippen molar-refractivity contribution in [1.29, 1.82) is 0 Å². The van der Waals surface area contributed by atoms with E-state index < -0.39 is 12.0 Å². The Morgan fingerprint density at radius 1 is 1.31 bits per heavy atom. The average molecular weight is 221 g/mol. The van der Waals surface area contributed by atoms with Crippen LogP contribution in [-0.2, 0) is 20.7 Å². The van der Waals surface area contributed by atoms with Crippen LogP contribution >= 0.6 is 0 Å². The van der Waals surface area contributed by atoms with Gasteiger partial charge in [-0.15, -0.1) is 0 Å². The molecule has 1 atom stereocenters. The average Bonchev–Trinajstić information content (AvgIpc) is 2.30. The first-order chi connectivity index (χ1) is 7.63. The topological polar surface area (TPSA) is 69.4 Å². The Morgan fingerprint density at radius 2 is 1.94 bits per heavy atom. The lowest BCUT2D eigenvalue weighted by molar-refractivity contribution is -0.143. The van der Waals surface area contributed by atoms with E-state index >= 15 is 0 Å². The monoisotopic (exact) mass is 221 g/mol. The van der Waals surface area contributed by atoms with Crippen molar-refractivity contribution in [3.8, 4) is 0 Å². The smallest absolute Gasteiger partial charge is 0.313 e. The first-order valence-corrected chi connectivity index (χ1v) is 5.02. The Bertz CT molecular complexity index is 362. The molecule has 0 heterocycles. The van der Waals surface area contributed by atoms with Crippen molar-refractivity contribution < 1.29 is 14.3 Å². The summed E-state index contributed by atoms with van der Waals surface area (Å²) >= 11 is 0. The van der Waals surface area contributed by atoms with Gasteiger partial charge in [-0.25, -0.2) is 0 Å². The van der Waals surface area contributed by atoms with Crippen LogP contribution in [0.4, 0.5) is 0 Å². The second-order valence-corrected chi connectivity index (χ2v) is 3.52. The largest absolute Gasteiger partial charge is 0.469 e. The fraction of sp³-hybridized carbons (Fsp3) is 0.333. The van der Waals surface area contributed by atoms with E-state index in [1.54, 1.807) is 0 Å². The highest BCUT2D eigenvalue weighted by Gasteiger charge is 2.17. The predicted molar refractivity (Wildman–Crippen MR) is 59.8 cm³/mol. The van der Waals surface area contributed by atoms with E-state index in [1.807, 2.05) is 30.3 Å². The molecular formula is C12H15NO3. The van der Waals surface area contributed by atoms with Crippen LogP contribution < -0.4 is 5.73 Å². The molecule has 0 aliphatic heterocycles. The molecule has 1 aromatic carbocycles. The lowest BCUT2D eigenvalue weighted by Gasteiger charge is -2.09. The van der Waals surface area contributed by atoms with Crippen molar-refractivity contribution in [2.75, 3.05) is 7.11 Å². The molecule has 0 bridgehead atoms. The van der Waals surface area contributed by atoms with E-state index in [1.165, 1.54) is 7.11 Å². The van der Waals surface area contributed by atoms with Crippen LogP contribution in [0.3, 0.4) is 0 Å². The Kier molecular flexibility index (Phi) is 4.66. The first kappa shape index (κ1) is 12.4. The summed E-state index contributed by atoms with van der Waals surface area (Å²) in [6, 6.07) is 8.79. The summed E-state index contributed by atoms with van der Waals surface area (Å²) in [4.78, 5) is 22.4. The minimum absolute atomic E-state index is 0.259.